The van der Waals surface area contributed by atoms with E-state index >= 15 is 0 Å². The van der Waals surface area contributed by atoms with E-state index in [0.717, 1.165) is 22.5 Å². The summed E-state index contributed by atoms with van der Waals surface area (Å²) in [7, 11) is 0. The van der Waals surface area contributed by atoms with E-state index in [-0.39, 0.29) is 0 Å². The number of hydrogen-bond acceptors (Lipinski definition) is 8. The predicted octanol–water partition coefficient (Wildman–Crippen LogP) is 4.22. The van der Waals surface area contributed by atoms with Gasteiger partial charge in [-0.25, -0.2) is 15.0 Å². The van der Waals surface area contributed by atoms with Crippen molar-refractivity contribution in [1.29, 1.82) is 0 Å². The standard InChI is InChI=1S/C19H17N5O2S/c1-14-10-21-19(22-11-14)27-16-8-6-15(7-9-16)23-12-26-24-13-25-18-5-3-2-4-17(18)20/h2-13H,20H2,1H3/b23-12?,24-13-. The lowest BCUT2D eigenvalue weighted by Crippen LogP contribution is -1.95. The van der Waals surface area contributed by atoms with Crippen molar-refractivity contribution in [3.05, 3.63) is 66.5 Å². The molecule has 1 aromatic heterocycles. The van der Waals surface area contributed by atoms with Crippen LogP contribution in [-0.2, 0) is 4.84 Å². The molecule has 0 fully saturated rings. The Morgan fingerprint density at radius 3 is 2.48 bits per heavy atom. The summed E-state index contributed by atoms with van der Waals surface area (Å²) >= 11 is 1.48. The number of aliphatic imine (C=N–C) groups is 1. The number of ether oxygens (including phenoxy) is 1. The van der Waals surface area contributed by atoms with Crippen LogP contribution in [0.3, 0.4) is 0 Å². The first-order valence-corrected chi connectivity index (χ1v) is 8.80. The highest BCUT2D eigenvalue weighted by molar-refractivity contribution is 7.99. The molecule has 0 aliphatic carbocycles. The Balaban J connectivity index is 1.47. The third kappa shape index (κ3) is 5.82. The van der Waals surface area contributed by atoms with Gasteiger partial charge in [0.15, 0.2) is 10.9 Å². The second kappa shape index (κ2) is 9.35. The summed E-state index contributed by atoms with van der Waals surface area (Å²) in [6.07, 6.45) is 5.96. The molecule has 7 nitrogen and oxygen atoms in total. The largest absolute Gasteiger partial charge is 0.440 e. The van der Waals surface area contributed by atoms with Gasteiger partial charge >= 0.3 is 0 Å². The van der Waals surface area contributed by atoms with E-state index in [0.29, 0.717) is 16.6 Å². The maximum absolute atomic E-state index is 5.74. The zero-order chi connectivity index (χ0) is 18.9. The maximum Gasteiger partial charge on any atom is 0.219 e. The smallest absolute Gasteiger partial charge is 0.219 e. The monoisotopic (exact) mass is 379 g/mol. The topological polar surface area (TPSA) is 95.0 Å². The molecule has 3 aromatic rings. The van der Waals surface area contributed by atoms with Crippen LogP contribution < -0.4 is 10.5 Å². The predicted molar refractivity (Wildman–Crippen MR) is 107 cm³/mol. The zero-order valence-corrected chi connectivity index (χ0v) is 15.3. The number of aromatic nitrogens is 2. The fourth-order valence-electron chi connectivity index (χ4n) is 1.94. The summed E-state index contributed by atoms with van der Waals surface area (Å²) in [4.78, 5) is 18.6. The Morgan fingerprint density at radius 1 is 1.00 bits per heavy atom. The molecular weight excluding hydrogens is 362 g/mol. The Labute approximate surface area is 161 Å². The van der Waals surface area contributed by atoms with E-state index in [2.05, 4.69) is 20.1 Å². The van der Waals surface area contributed by atoms with E-state index < -0.39 is 0 Å². The van der Waals surface area contributed by atoms with Crippen LogP contribution in [0, 0.1) is 6.92 Å². The Hall–Kier alpha value is -3.39. The Morgan fingerprint density at radius 2 is 1.74 bits per heavy atom. The molecule has 0 amide bonds. The average molecular weight is 379 g/mol. The van der Waals surface area contributed by atoms with Gasteiger partial charge in [0, 0.05) is 17.3 Å². The molecule has 0 bridgehead atoms. The summed E-state index contributed by atoms with van der Waals surface area (Å²) in [5, 5.41) is 4.33. The van der Waals surface area contributed by atoms with Crippen molar-refractivity contribution in [2.45, 2.75) is 17.0 Å². The second-order valence-electron chi connectivity index (χ2n) is 5.35. The number of benzene rings is 2. The first kappa shape index (κ1) is 18.4. The van der Waals surface area contributed by atoms with Crippen molar-refractivity contribution in [3.63, 3.8) is 0 Å². The third-order valence-corrected chi connectivity index (χ3v) is 4.16. The number of para-hydroxylation sites is 2. The van der Waals surface area contributed by atoms with Crippen LogP contribution in [0.2, 0.25) is 0 Å². The highest BCUT2D eigenvalue weighted by atomic mass is 32.2. The molecule has 27 heavy (non-hydrogen) atoms. The van der Waals surface area contributed by atoms with Gasteiger partial charge in [-0.3, -0.25) is 0 Å². The molecule has 0 radical (unpaired) electrons. The number of aryl methyl sites for hydroxylation is 1. The van der Waals surface area contributed by atoms with Gasteiger partial charge in [0.25, 0.3) is 0 Å². The molecular formula is C19H17N5O2S. The van der Waals surface area contributed by atoms with Crippen LogP contribution in [0.5, 0.6) is 5.75 Å². The van der Waals surface area contributed by atoms with Gasteiger partial charge in [-0.15, -0.1) is 0 Å². The first-order chi connectivity index (χ1) is 13.2. The summed E-state index contributed by atoms with van der Waals surface area (Å²) in [5.41, 5.74) is 8.02. The summed E-state index contributed by atoms with van der Waals surface area (Å²) in [6, 6.07) is 14.7. The van der Waals surface area contributed by atoms with E-state index in [9.17, 15) is 0 Å². The highest BCUT2D eigenvalue weighted by Crippen LogP contribution is 2.26. The molecule has 2 N–H and O–H groups in total. The van der Waals surface area contributed by atoms with Gasteiger partial charge in [0.2, 0.25) is 12.8 Å². The van der Waals surface area contributed by atoms with Gasteiger partial charge in [-0.1, -0.05) is 12.1 Å². The molecule has 0 atom stereocenters. The molecule has 8 heteroatoms. The number of nitrogens with zero attached hydrogens (tertiary/aromatic N) is 4. The number of oxime groups is 1. The second-order valence-corrected chi connectivity index (χ2v) is 6.39. The third-order valence-electron chi connectivity index (χ3n) is 3.25. The van der Waals surface area contributed by atoms with Crippen molar-refractivity contribution in [3.8, 4) is 5.75 Å². The quantitative estimate of drug-likeness (QED) is 0.217. The van der Waals surface area contributed by atoms with E-state index in [1.807, 2.05) is 43.3 Å². The highest BCUT2D eigenvalue weighted by Gasteiger charge is 2.00. The van der Waals surface area contributed by atoms with Gasteiger partial charge in [0.05, 0.1) is 11.4 Å². The van der Waals surface area contributed by atoms with Crippen molar-refractivity contribution < 1.29 is 9.57 Å². The number of nitrogen functional groups attached to an aromatic ring is 1. The summed E-state index contributed by atoms with van der Waals surface area (Å²) in [5.74, 6) is 0.507. The minimum absolute atomic E-state index is 0.507. The number of nitrogens with two attached hydrogens (primary N) is 1. The number of rotatable bonds is 7. The fraction of sp³-hybridized carbons (Fsp3) is 0.0526. The van der Waals surface area contributed by atoms with Crippen molar-refractivity contribution >= 4 is 35.9 Å². The van der Waals surface area contributed by atoms with Crippen LogP contribution in [0.15, 0.2) is 81.1 Å². The number of anilines is 1. The van der Waals surface area contributed by atoms with E-state index in [1.54, 1.807) is 24.5 Å². The average Bonchev–Trinajstić information content (AvgIpc) is 2.69. The minimum Gasteiger partial charge on any atom is -0.440 e. The summed E-state index contributed by atoms with van der Waals surface area (Å²) in [6.45, 7) is 1.95. The molecule has 0 aliphatic heterocycles. The normalized spacial score (nSPS) is 11.1. The van der Waals surface area contributed by atoms with Crippen LogP contribution in [-0.4, -0.2) is 22.8 Å². The Bertz CT molecular complexity index is 928. The van der Waals surface area contributed by atoms with Gasteiger partial charge in [0.1, 0.15) is 0 Å². The lowest BCUT2D eigenvalue weighted by molar-refractivity contribution is 0.335. The Kier molecular flexibility index (Phi) is 6.37. The van der Waals surface area contributed by atoms with Crippen LogP contribution in [0.1, 0.15) is 5.56 Å². The molecule has 0 saturated carbocycles. The fourth-order valence-corrected chi connectivity index (χ4v) is 2.64. The van der Waals surface area contributed by atoms with E-state index in [1.165, 1.54) is 18.2 Å². The summed E-state index contributed by atoms with van der Waals surface area (Å²) < 4.78 is 5.25. The molecule has 0 spiro atoms. The van der Waals surface area contributed by atoms with Crippen LogP contribution >= 0.6 is 11.8 Å². The number of hydrogen-bond donors (Lipinski definition) is 1. The molecule has 0 saturated heterocycles. The molecule has 0 aliphatic rings. The van der Waals surface area contributed by atoms with Crippen LogP contribution in [0.25, 0.3) is 0 Å². The van der Waals surface area contributed by atoms with Crippen molar-refractivity contribution in [2.75, 3.05) is 5.73 Å². The maximum atomic E-state index is 5.74. The lowest BCUT2D eigenvalue weighted by Gasteiger charge is -2.01. The van der Waals surface area contributed by atoms with Crippen molar-refractivity contribution in [2.24, 2.45) is 10.1 Å². The molecule has 136 valence electrons. The van der Waals surface area contributed by atoms with Gasteiger partial charge in [-0.2, -0.15) is 0 Å². The van der Waals surface area contributed by atoms with Crippen molar-refractivity contribution in [1.82, 2.24) is 9.97 Å². The SMILES string of the molecule is Cc1cnc(Sc2ccc(N=CO/N=C\Oc3ccccc3N)cc2)nc1. The zero-order valence-electron chi connectivity index (χ0n) is 14.5. The lowest BCUT2D eigenvalue weighted by atomic mass is 10.3. The molecule has 0 unspecified atom stereocenters. The van der Waals surface area contributed by atoms with Gasteiger partial charge in [-0.05, 0) is 65.8 Å². The molecule has 3 rings (SSSR count). The minimum atomic E-state index is 0.507. The first-order valence-electron chi connectivity index (χ1n) is 7.98. The van der Waals surface area contributed by atoms with Crippen LogP contribution in [0.4, 0.5) is 11.4 Å². The molecule has 1 heterocycles. The van der Waals surface area contributed by atoms with E-state index in [4.69, 9.17) is 15.3 Å². The van der Waals surface area contributed by atoms with Gasteiger partial charge < -0.3 is 15.3 Å². The molecule has 2 aromatic carbocycles.